The molecule has 0 bridgehead atoms. The van der Waals surface area contributed by atoms with Crippen LogP contribution < -0.4 is 10.2 Å². The Morgan fingerprint density at radius 3 is 2.71 bits per heavy atom. The number of likely N-dealkylation sites (tertiary alicyclic amines) is 1. The highest BCUT2D eigenvalue weighted by Gasteiger charge is 2.44. The van der Waals surface area contributed by atoms with Crippen LogP contribution in [0.3, 0.4) is 0 Å². The highest BCUT2D eigenvalue weighted by atomic mass is 16.5. The summed E-state index contributed by atoms with van der Waals surface area (Å²) in [6.07, 6.45) is 5.15. The number of ether oxygens (including phenoxy) is 1. The summed E-state index contributed by atoms with van der Waals surface area (Å²) < 4.78 is 10.1. The number of piperidine rings is 1. The highest BCUT2D eigenvalue weighted by Crippen LogP contribution is 2.39. The van der Waals surface area contributed by atoms with Gasteiger partial charge in [0.05, 0.1) is 13.0 Å². The van der Waals surface area contributed by atoms with Gasteiger partial charge >= 0.3 is 5.97 Å². The van der Waals surface area contributed by atoms with Crippen LogP contribution >= 0.6 is 0 Å². The van der Waals surface area contributed by atoms with E-state index in [2.05, 4.69) is 0 Å². The third-order valence-electron chi connectivity index (χ3n) is 5.19. The van der Waals surface area contributed by atoms with Gasteiger partial charge in [-0.05, 0) is 25.2 Å². The van der Waals surface area contributed by atoms with E-state index in [1.165, 1.54) is 7.11 Å². The van der Waals surface area contributed by atoms with E-state index < -0.39 is 17.3 Å². The van der Waals surface area contributed by atoms with E-state index in [0.29, 0.717) is 13.0 Å². The van der Waals surface area contributed by atoms with Crippen LogP contribution in [0.2, 0.25) is 0 Å². The van der Waals surface area contributed by atoms with Gasteiger partial charge in [0.25, 0.3) is 5.91 Å². The minimum absolute atomic E-state index is 0.0288. The smallest absolute Gasteiger partial charge is 0.306 e. The van der Waals surface area contributed by atoms with E-state index in [1.807, 2.05) is 0 Å². The Morgan fingerprint density at radius 2 is 2.04 bits per heavy atom. The summed E-state index contributed by atoms with van der Waals surface area (Å²) in [5.74, 6) is -1.54. The highest BCUT2D eigenvalue weighted by molar-refractivity contribution is 5.92. The van der Waals surface area contributed by atoms with Crippen molar-refractivity contribution in [2.24, 2.45) is 11.8 Å². The lowest BCUT2D eigenvalue weighted by Crippen LogP contribution is -2.54. The van der Waals surface area contributed by atoms with Gasteiger partial charge in [-0.3, -0.25) is 14.4 Å². The Kier molecular flexibility index (Phi) is 4.59. The van der Waals surface area contributed by atoms with Gasteiger partial charge in [0, 0.05) is 18.7 Å². The molecule has 3 atom stereocenters. The van der Waals surface area contributed by atoms with Crippen molar-refractivity contribution in [3.05, 3.63) is 28.3 Å². The molecule has 1 N–H and O–H groups in total. The first-order valence-corrected chi connectivity index (χ1v) is 8.23. The molecule has 2 aliphatic rings. The number of carbonyl (C=O) groups excluding carboxylic acids is 1. The number of methoxy groups -OCH3 is 1. The van der Waals surface area contributed by atoms with E-state index in [-0.39, 0.29) is 29.4 Å². The number of hydrogen-bond donors (Lipinski definition) is 1. The maximum Gasteiger partial charge on any atom is 0.306 e. The number of carboxylic acids is 1. The molecule has 7 heteroatoms. The summed E-state index contributed by atoms with van der Waals surface area (Å²) in [4.78, 5) is 37.8. The van der Waals surface area contributed by atoms with Gasteiger partial charge in [0.1, 0.15) is 6.26 Å². The third-order valence-corrected chi connectivity index (χ3v) is 5.19. The van der Waals surface area contributed by atoms with Gasteiger partial charge in [-0.2, -0.15) is 0 Å². The number of nitrogens with zero attached hydrogens (tertiary/aromatic N) is 1. The van der Waals surface area contributed by atoms with Crippen molar-refractivity contribution >= 4 is 11.9 Å². The van der Waals surface area contributed by atoms with Crippen molar-refractivity contribution in [1.82, 2.24) is 4.90 Å². The van der Waals surface area contributed by atoms with Crippen LogP contribution in [-0.4, -0.2) is 41.6 Å². The van der Waals surface area contributed by atoms with Crippen LogP contribution in [0.5, 0.6) is 5.75 Å². The van der Waals surface area contributed by atoms with Gasteiger partial charge < -0.3 is 19.2 Å². The molecule has 2 fully saturated rings. The average molecular weight is 335 g/mol. The van der Waals surface area contributed by atoms with Crippen molar-refractivity contribution in [3.63, 3.8) is 0 Å². The Bertz CT molecular complexity index is 697. The Balaban J connectivity index is 1.85. The molecule has 1 aromatic heterocycles. The molecule has 1 aliphatic heterocycles. The van der Waals surface area contributed by atoms with Crippen molar-refractivity contribution in [2.75, 3.05) is 13.7 Å². The van der Waals surface area contributed by atoms with E-state index in [1.54, 1.807) is 4.90 Å². The number of hydrogen-bond acceptors (Lipinski definition) is 5. The molecule has 3 rings (SSSR count). The van der Waals surface area contributed by atoms with Crippen molar-refractivity contribution in [3.8, 4) is 5.75 Å². The first-order valence-electron chi connectivity index (χ1n) is 8.23. The predicted molar refractivity (Wildman–Crippen MR) is 84.1 cm³/mol. The van der Waals surface area contributed by atoms with Gasteiger partial charge in [-0.15, -0.1) is 0 Å². The standard InChI is InChI=1S/C17H21NO6/c1-23-15-9-24-14(8-13(15)19)16(20)18-7-6-11(17(21)22)10-4-2-3-5-12(10)18/h8-12H,2-7H2,1H3,(H,21,22). The minimum Gasteiger partial charge on any atom is -0.490 e. The van der Waals surface area contributed by atoms with Crippen molar-refractivity contribution in [1.29, 1.82) is 0 Å². The summed E-state index contributed by atoms with van der Waals surface area (Å²) >= 11 is 0. The Morgan fingerprint density at radius 1 is 1.29 bits per heavy atom. The molecule has 130 valence electrons. The van der Waals surface area contributed by atoms with Crippen LogP contribution in [0, 0.1) is 11.8 Å². The number of rotatable bonds is 3. The van der Waals surface area contributed by atoms with Gasteiger partial charge in [0.15, 0.2) is 5.76 Å². The number of carbonyl (C=O) groups is 2. The zero-order valence-electron chi connectivity index (χ0n) is 13.6. The molecular weight excluding hydrogens is 314 g/mol. The molecule has 1 saturated heterocycles. The largest absolute Gasteiger partial charge is 0.490 e. The lowest BCUT2D eigenvalue weighted by atomic mass is 9.72. The molecule has 1 saturated carbocycles. The summed E-state index contributed by atoms with van der Waals surface area (Å²) in [6.45, 7) is 0.368. The first kappa shape index (κ1) is 16.5. The van der Waals surface area contributed by atoms with Crippen LogP contribution in [0.1, 0.15) is 42.7 Å². The molecule has 7 nitrogen and oxygen atoms in total. The first-order chi connectivity index (χ1) is 11.5. The Labute approximate surface area is 139 Å². The topological polar surface area (TPSA) is 97.1 Å². The summed E-state index contributed by atoms with van der Waals surface area (Å²) in [5, 5.41) is 9.44. The van der Waals surface area contributed by atoms with Gasteiger partial charge in [-0.1, -0.05) is 12.8 Å². The molecule has 0 aromatic carbocycles. The molecule has 3 unspecified atom stereocenters. The van der Waals surface area contributed by atoms with Crippen molar-refractivity contribution in [2.45, 2.75) is 38.1 Å². The van der Waals surface area contributed by atoms with Crippen LogP contribution in [-0.2, 0) is 4.79 Å². The van der Waals surface area contributed by atoms with Crippen molar-refractivity contribution < 1.29 is 23.8 Å². The maximum absolute atomic E-state index is 12.8. The average Bonchev–Trinajstić information content (AvgIpc) is 2.59. The Hall–Kier alpha value is -2.31. The van der Waals surface area contributed by atoms with E-state index >= 15 is 0 Å². The molecule has 0 radical (unpaired) electrons. The molecule has 1 amide bonds. The SMILES string of the molecule is COc1coc(C(=O)N2CCC(C(=O)O)C3CCCCC32)cc1=O. The second-order valence-electron chi connectivity index (χ2n) is 6.42. The lowest BCUT2D eigenvalue weighted by molar-refractivity contribution is -0.147. The third kappa shape index (κ3) is 2.90. The number of fused-ring (bicyclic) bond motifs is 1. The number of carboxylic acid groups (broad SMARTS) is 1. The maximum atomic E-state index is 12.8. The summed E-state index contributed by atoms with van der Waals surface area (Å²) in [6, 6.07) is 1.04. The van der Waals surface area contributed by atoms with Crippen LogP contribution in [0.25, 0.3) is 0 Å². The fourth-order valence-electron chi connectivity index (χ4n) is 4.01. The zero-order valence-corrected chi connectivity index (χ0v) is 13.6. The summed E-state index contributed by atoms with van der Waals surface area (Å²) in [5.41, 5.74) is -0.410. The molecule has 1 aromatic rings. The minimum atomic E-state index is -0.782. The fourth-order valence-corrected chi connectivity index (χ4v) is 4.01. The quantitative estimate of drug-likeness (QED) is 0.904. The van der Waals surface area contributed by atoms with Gasteiger partial charge in [-0.25, -0.2) is 0 Å². The fraction of sp³-hybridized carbons (Fsp3) is 0.588. The monoisotopic (exact) mass is 335 g/mol. The predicted octanol–water partition coefficient (Wildman–Crippen LogP) is 1.75. The second-order valence-corrected chi connectivity index (χ2v) is 6.42. The molecule has 0 spiro atoms. The van der Waals surface area contributed by atoms with Crippen LogP contribution in [0.4, 0.5) is 0 Å². The molecule has 24 heavy (non-hydrogen) atoms. The van der Waals surface area contributed by atoms with E-state index in [4.69, 9.17) is 9.15 Å². The van der Waals surface area contributed by atoms with E-state index in [9.17, 15) is 19.5 Å². The molecule has 2 heterocycles. The lowest BCUT2D eigenvalue weighted by Gasteiger charge is -2.46. The number of amides is 1. The zero-order chi connectivity index (χ0) is 17.3. The van der Waals surface area contributed by atoms with Crippen LogP contribution in [0.15, 0.2) is 21.5 Å². The second kappa shape index (κ2) is 6.67. The van der Waals surface area contributed by atoms with Gasteiger partial charge in [0.2, 0.25) is 11.2 Å². The van der Waals surface area contributed by atoms with E-state index in [0.717, 1.165) is 38.0 Å². The molecular formula is C17H21NO6. The summed E-state index contributed by atoms with van der Waals surface area (Å²) in [7, 11) is 1.36. The molecule has 1 aliphatic carbocycles. The number of aliphatic carboxylic acids is 1. The normalized spacial score (nSPS) is 26.5.